The van der Waals surface area contributed by atoms with Crippen molar-refractivity contribution < 1.29 is 9.47 Å². The number of hydrogen-bond acceptors (Lipinski definition) is 4. The smallest absolute Gasteiger partial charge is 0.191 e. The summed E-state index contributed by atoms with van der Waals surface area (Å²) in [6.45, 7) is 10.7. The van der Waals surface area contributed by atoms with E-state index in [1.54, 1.807) is 0 Å². The number of imidazole rings is 1. The third-order valence-corrected chi connectivity index (χ3v) is 5.48. The Kier molecular flexibility index (Phi) is 12.7. The lowest BCUT2D eigenvalue weighted by Crippen LogP contribution is -2.38. The maximum Gasteiger partial charge on any atom is 0.191 e. The Morgan fingerprint density at radius 1 is 1.25 bits per heavy atom. The van der Waals surface area contributed by atoms with Gasteiger partial charge < -0.3 is 24.7 Å². The Bertz CT molecular complexity index is 805. The number of rotatable bonds is 11. The summed E-state index contributed by atoms with van der Waals surface area (Å²) in [5, 5.41) is 6.74. The first-order valence-electron chi connectivity index (χ1n) is 11.5. The molecule has 0 radical (unpaired) electrons. The molecule has 0 atom stereocenters. The third kappa shape index (κ3) is 9.46. The van der Waals surface area contributed by atoms with Crippen LogP contribution in [0.2, 0.25) is 0 Å². The maximum atomic E-state index is 5.85. The Morgan fingerprint density at radius 3 is 2.81 bits per heavy atom. The zero-order valence-electron chi connectivity index (χ0n) is 19.4. The minimum Gasteiger partial charge on any atom is -0.381 e. The number of aromatic nitrogens is 2. The molecule has 1 fully saturated rings. The Labute approximate surface area is 209 Å². The van der Waals surface area contributed by atoms with Gasteiger partial charge in [-0.05, 0) is 50.2 Å². The number of nitrogens with zero attached hydrogens (tertiary/aromatic N) is 3. The summed E-state index contributed by atoms with van der Waals surface area (Å²) in [5.41, 5.74) is 2.46. The topological polar surface area (TPSA) is 72.7 Å². The number of nitrogens with one attached hydrogen (secondary N) is 2. The maximum absolute atomic E-state index is 5.85. The Balaban J connectivity index is 0.00000363. The molecule has 1 saturated heterocycles. The van der Waals surface area contributed by atoms with Crippen LogP contribution in [-0.2, 0) is 22.6 Å². The van der Waals surface area contributed by atoms with E-state index >= 15 is 0 Å². The van der Waals surface area contributed by atoms with E-state index in [0.29, 0.717) is 12.5 Å². The van der Waals surface area contributed by atoms with Gasteiger partial charge in [0.15, 0.2) is 5.96 Å². The zero-order chi connectivity index (χ0) is 21.7. The average Bonchev–Trinajstić information content (AvgIpc) is 3.19. The number of aliphatic imine (C=N–C) groups is 1. The molecular weight excluding hydrogens is 517 g/mol. The van der Waals surface area contributed by atoms with Crippen molar-refractivity contribution >= 4 is 29.9 Å². The van der Waals surface area contributed by atoms with Crippen LogP contribution in [0.5, 0.6) is 0 Å². The molecule has 8 heteroatoms. The standard InChI is InChI=1S/C24H37N5O2.HI/c1-3-25-24(27-10-5-13-31-19-21-8-14-30-15-9-21)28-17-22-6-4-7-23(16-22)18-29-12-11-26-20(29)2;/h4,6-7,11-12,16,21H,3,5,8-10,13-15,17-19H2,1-2H3,(H2,25,27,28);1H. The van der Waals surface area contributed by atoms with Crippen molar-refractivity contribution in [3.8, 4) is 0 Å². The van der Waals surface area contributed by atoms with Crippen molar-refractivity contribution in [1.82, 2.24) is 20.2 Å². The number of ether oxygens (including phenoxy) is 2. The van der Waals surface area contributed by atoms with E-state index in [0.717, 1.165) is 77.1 Å². The normalized spacial score (nSPS) is 14.8. The summed E-state index contributed by atoms with van der Waals surface area (Å²) in [4.78, 5) is 9.05. The number of guanidine groups is 1. The quantitative estimate of drug-likeness (QED) is 0.191. The van der Waals surface area contributed by atoms with Gasteiger partial charge >= 0.3 is 0 Å². The summed E-state index contributed by atoms with van der Waals surface area (Å²) in [6, 6.07) is 8.59. The highest BCUT2D eigenvalue weighted by Crippen LogP contribution is 2.14. The largest absolute Gasteiger partial charge is 0.381 e. The molecule has 178 valence electrons. The molecule has 2 aromatic rings. The first kappa shape index (κ1) is 26.6. The summed E-state index contributed by atoms with van der Waals surface area (Å²) in [6.07, 6.45) is 7.07. The van der Waals surface area contributed by atoms with Crippen molar-refractivity contribution in [1.29, 1.82) is 0 Å². The molecule has 1 aliphatic rings. The van der Waals surface area contributed by atoms with Gasteiger partial charge in [-0.15, -0.1) is 24.0 Å². The van der Waals surface area contributed by atoms with E-state index in [4.69, 9.17) is 14.5 Å². The van der Waals surface area contributed by atoms with Gasteiger partial charge in [0, 0.05) is 58.5 Å². The number of aryl methyl sites for hydroxylation is 1. The fraction of sp³-hybridized carbons (Fsp3) is 0.583. The van der Waals surface area contributed by atoms with E-state index in [-0.39, 0.29) is 24.0 Å². The highest BCUT2D eigenvalue weighted by atomic mass is 127. The predicted molar refractivity (Wildman–Crippen MR) is 140 cm³/mol. The highest BCUT2D eigenvalue weighted by Gasteiger charge is 2.13. The van der Waals surface area contributed by atoms with Crippen LogP contribution in [0.3, 0.4) is 0 Å². The number of hydrogen-bond donors (Lipinski definition) is 2. The first-order valence-corrected chi connectivity index (χ1v) is 11.5. The second-order valence-corrected chi connectivity index (χ2v) is 8.03. The molecule has 2 N–H and O–H groups in total. The van der Waals surface area contributed by atoms with Crippen LogP contribution in [0.1, 0.15) is 43.1 Å². The van der Waals surface area contributed by atoms with Crippen molar-refractivity contribution in [3.05, 3.63) is 53.6 Å². The van der Waals surface area contributed by atoms with Crippen LogP contribution in [0.15, 0.2) is 41.7 Å². The molecule has 0 spiro atoms. The fourth-order valence-corrected chi connectivity index (χ4v) is 3.65. The van der Waals surface area contributed by atoms with Crippen LogP contribution in [0.25, 0.3) is 0 Å². The number of benzene rings is 1. The van der Waals surface area contributed by atoms with Gasteiger partial charge in [0.25, 0.3) is 0 Å². The number of halogens is 1. The molecule has 0 aliphatic carbocycles. The molecule has 1 aromatic heterocycles. The third-order valence-electron chi connectivity index (χ3n) is 5.48. The molecule has 0 bridgehead atoms. The molecule has 0 amide bonds. The summed E-state index contributed by atoms with van der Waals surface area (Å²) >= 11 is 0. The van der Waals surface area contributed by atoms with Gasteiger partial charge in [-0.2, -0.15) is 0 Å². The van der Waals surface area contributed by atoms with E-state index in [1.165, 1.54) is 11.1 Å². The lowest BCUT2D eigenvalue weighted by molar-refractivity contribution is 0.0203. The monoisotopic (exact) mass is 555 g/mol. The SMILES string of the molecule is CCNC(=NCc1cccc(Cn2ccnc2C)c1)NCCCOCC1CCOCC1.I. The van der Waals surface area contributed by atoms with Crippen LogP contribution >= 0.6 is 24.0 Å². The molecule has 3 rings (SSSR count). The van der Waals surface area contributed by atoms with Crippen LogP contribution in [0, 0.1) is 12.8 Å². The van der Waals surface area contributed by atoms with Gasteiger partial charge in [0.1, 0.15) is 5.82 Å². The lowest BCUT2D eigenvalue weighted by atomic mass is 10.0. The minimum atomic E-state index is 0. The van der Waals surface area contributed by atoms with E-state index in [1.807, 2.05) is 19.3 Å². The zero-order valence-corrected chi connectivity index (χ0v) is 21.7. The van der Waals surface area contributed by atoms with E-state index in [9.17, 15) is 0 Å². The van der Waals surface area contributed by atoms with Crippen molar-refractivity contribution in [2.24, 2.45) is 10.9 Å². The Morgan fingerprint density at radius 2 is 2.06 bits per heavy atom. The lowest BCUT2D eigenvalue weighted by Gasteiger charge is -2.21. The molecule has 1 aliphatic heterocycles. The minimum absolute atomic E-state index is 0. The first-order chi connectivity index (χ1) is 15.2. The molecule has 0 unspecified atom stereocenters. The van der Waals surface area contributed by atoms with Gasteiger partial charge in [-0.1, -0.05) is 24.3 Å². The predicted octanol–water partition coefficient (Wildman–Crippen LogP) is 3.75. The molecule has 0 saturated carbocycles. The second kappa shape index (κ2) is 15.2. The molecular formula is C24H38IN5O2. The van der Waals surface area contributed by atoms with Crippen molar-refractivity contribution in [2.75, 3.05) is 39.5 Å². The summed E-state index contributed by atoms with van der Waals surface area (Å²) in [7, 11) is 0. The van der Waals surface area contributed by atoms with Crippen LogP contribution in [0.4, 0.5) is 0 Å². The fourth-order valence-electron chi connectivity index (χ4n) is 3.65. The highest BCUT2D eigenvalue weighted by molar-refractivity contribution is 14.0. The van der Waals surface area contributed by atoms with Gasteiger partial charge in [0.2, 0.25) is 0 Å². The van der Waals surface area contributed by atoms with Crippen LogP contribution in [-0.4, -0.2) is 55.0 Å². The summed E-state index contributed by atoms with van der Waals surface area (Å²) in [5.74, 6) is 2.54. The van der Waals surface area contributed by atoms with Crippen LogP contribution < -0.4 is 10.6 Å². The van der Waals surface area contributed by atoms with E-state index in [2.05, 4.69) is 51.4 Å². The Hall–Kier alpha value is -1.65. The van der Waals surface area contributed by atoms with Crippen molar-refractivity contribution in [3.63, 3.8) is 0 Å². The summed E-state index contributed by atoms with van der Waals surface area (Å²) < 4.78 is 13.4. The average molecular weight is 556 g/mol. The molecule has 2 heterocycles. The van der Waals surface area contributed by atoms with Gasteiger partial charge in [-0.3, -0.25) is 0 Å². The van der Waals surface area contributed by atoms with E-state index < -0.39 is 0 Å². The van der Waals surface area contributed by atoms with Gasteiger partial charge in [0.05, 0.1) is 6.54 Å². The second-order valence-electron chi connectivity index (χ2n) is 8.03. The van der Waals surface area contributed by atoms with Crippen molar-refractivity contribution in [2.45, 2.75) is 46.2 Å². The molecule has 7 nitrogen and oxygen atoms in total. The van der Waals surface area contributed by atoms with Gasteiger partial charge in [-0.25, -0.2) is 9.98 Å². The molecule has 1 aromatic carbocycles. The molecule has 32 heavy (non-hydrogen) atoms.